The fourth-order valence-electron chi connectivity index (χ4n) is 1.61. The molecule has 98 valence electrons. The molecule has 0 radical (unpaired) electrons. The average Bonchev–Trinajstić information content (AvgIpc) is 2.84. The van der Waals surface area contributed by atoms with E-state index < -0.39 is 10.0 Å². The minimum Gasteiger partial charge on any atom is -0.440 e. The first kappa shape index (κ1) is 12.7. The number of nitrogens with zero attached hydrogens (tertiary/aromatic N) is 4. The molecule has 18 heavy (non-hydrogen) atoms. The summed E-state index contributed by atoms with van der Waals surface area (Å²) in [5, 5.41) is 12.3. The van der Waals surface area contributed by atoms with Gasteiger partial charge in [0, 0.05) is 6.54 Å². The Bertz CT molecular complexity index is 658. The Labute approximate surface area is 104 Å². The largest absolute Gasteiger partial charge is 0.440 e. The van der Waals surface area contributed by atoms with Crippen LogP contribution < -0.4 is 5.14 Å². The molecular weight excluding hydrogens is 258 g/mol. The molecule has 0 spiro atoms. The maximum absolute atomic E-state index is 11.4. The van der Waals surface area contributed by atoms with Crippen molar-refractivity contribution < 1.29 is 12.8 Å². The van der Waals surface area contributed by atoms with Crippen LogP contribution in [0.1, 0.15) is 19.0 Å². The summed E-state index contributed by atoms with van der Waals surface area (Å²) in [6.45, 7) is 4.07. The second kappa shape index (κ2) is 4.50. The Morgan fingerprint density at radius 3 is 2.67 bits per heavy atom. The molecule has 2 rings (SSSR count). The van der Waals surface area contributed by atoms with E-state index in [0.717, 1.165) is 0 Å². The molecule has 8 nitrogen and oxygen atoms in total. The summed E-state index contributed by atoms with van der Waals surface area (Å²) in [6.07, 6.45) is 1.98. The van der Waals surface area contributed by atoms with Crippen LogP contribution in [-0.4, -0.2) is 28.2 Å². The average molecular weight is 271 g/mol. The minimum absolute atomic E-state index is 0.268. The number of aryl methyl sites for hydroxylation is 1. The van der Waals surface area contributed by atoms with Gasteiger partial charge in [0.1, 0.15) is 0 Å². The zero-order chi connectivity index (χ0) is 13.3. The molecule has 2 aromatic heterocycles. The van der Waals surface area contributed by atoms with Crippen LogP contribution in [0.5, 0.6) is 0 Å². The molecule has 0 aliphatic carbocycles. The molecule has 0 unspecified atom stereocenters. The number of hydrogen-bond donors (Lipinski definition) is 1. The molecular formula is C9H13N5O3S. The summed E-state index contributed by atoms with van der Waals surface area (Å²) in [6, 6.07) is 0. The Hall–Kier alpha value is -1.74. The third-order valence-electron chi connectivity index (χ3n) is 2.37. The van der Waals surface area contributed by atoms with Crippen LogP contribution >= 0.6 is 0 Å². The first-order valence-corrected chi connectivity index (χ1v) is 6.86. The zero-order valence-corrected chi connectivity index (χ0v) is 10.8. The van der Waals surface area contributed by atoms with Gasteiger partial charge >= 0.3 is 0 Å². The van der Waals surface area contributed by atoms with E-state index in [0.29, 0.717) is 30.2 Å². The van der Waals surface area contributed by atoms with E-state index in [9.17, 15) is 8.42 Å². The first-order valence-electron chi connectivity index (χ1n) is 5.31. The molecule has 0 bridgehead atoms. The lowest BCUT2D eigenvalue weighted by molar-refractivity contribution is 0.541. The van der Waals surface area contributed by atoms with Crippen molar-refractivity contribution >= 4 is 10.0 Å². The lowest BCUT2D eigenvalue weighted by Crippen LogP contribution is -2.19. The second-order valence-electron chi connectivity index (χ2n) is 3.77. The molecule has 0 atom stereocenters. The maximum Gasteiger partial charge on any atom is 0.273 e. The highest BCUT2D eigenvalue weighted by molar-refractivity contribution is 7.89. The SMILES string of the molecule is CCCn1c(-c2ocnc2C)nnc1S(N)(=O)=O. The number of oxazole rings is 1. The van der Waals surface area contributed by atoms with Crippen LogP contribution in [0.25, 0.3) is 11.6 Å². The highest BCUT2D eigenvalue weighted by atomic mass is 32.2. The van der Waals surface area contributed by atoms with Gasteiger partial charge in [-0.05, 0) is 13.3 Å². The van der Waals surface area contributed by atoms with E-state index in [4.69, 9.17) is 9.56 Å². The molecule has 0 aliphatic heterocycles. The van der Waals surface area contributed by atoms with Gasteiger partial charge in [-0.25, -0.2) is 18.5 Å². The number of sulfonamides is 1. The monoisotopic (exact) mass is 271 g/mol. The number of nitrogens with two attached hydrogens (primary N) is 1. The van der Waals surface area contributed by atoms with Crippen LogP contribution in [0.4, 0.5) is 0 Å². The predicted octanol–water partition coefficient (Wildman–Crippen LogP) is 0.299. The summed E-state index contributed by atoms with van der Waals surface area (Å²) in [5.74, 6) is 0.710. The van der Waals surface area contributed by atoms with Crippen LogP contribution in [0.15, 0.2) is 16.0 Å². The summed E-state index contributed by atoms with van der Waals surface area (Å²) in [7, 11) is -3.91. The molecule has 2 aromatic rings. The Kier molecular flexibility index (Phi) is 3.18. The van der Waals surface area contributed by atoms with E-state index in [2.05, 4.69) is 15.2 Å². The van der Waals surface area contributed by atoms with Crippen LogP contribution in [0.2, 0.25) is 0 Å². The molecule has 0 aliphatic rings. The van der Waals surface area contributed by atoms with Crippen molar-refractivity contribution in [1.29, 1.82) is 0 Å². The minimum atomic E-state index is -3.91. The Balaban J connectivity index is 2.63. The predicted molar refractivity (Wildman–Crippen MR) is 61.9 cm³/mol. The fraction of sp³-hybridized carbons (Fsp3) is 0.444. The van der Waals surface area contributed by atoms with Gasteiger partial charge in [-0.2, -0.15) is 0 Å². The van der Waals surface area contributed by atoms with Crippen LogP contribution in [-0.2, 0) is 16.6 Å². The van der Waals surface area contributed by atoms with E-state index >= 15 is 0 Å². The molecule has 9 heteroatoms. The molecule has 0 saturated carbocycles. The second-order valence-corrected chi connectivity index (χ2v) is 5.22. The van der Waals surface area contributed by atoms with Gasteiger partial charge < -0.3 is 4.42 Å². The molecule has 0 fully saturated rings. The lowest BCUT2D eigenvalue weighted by Gasteiger charge is -2.05. The number of aromatic nitrogens is 4. The van der Waals surface area contributed by atoms with E-state index in [-0.39, 0.29) is 5.16 Å². The van der Waals surface area contributed by atoms with Gasteiger partial charge in [0.05, 0.1) is 5.69 Å². The van der Waals surface area contributed by atoms with Gasteiger partial charge in [0.2, 0.25) is 5.82 Å². The van der Waals surface area contributed by atoms with Gasteiger partial charge in [-0.3, -0.25) is 4.57 Å². The normalized spacial score (nSPS) is 11.9. The van der Waals surface area contributed by atoms with Gasteiger partial charge in [0.25, 0.3) is 15.2 Å². The highest BCUT2D eigenvalue weighted by Crippen LogP contribution is 2.23. The number of rotatable bonds is 4. The van der Waals surface area contributed by atoms with Crippen LogP contribution in [0.3, 0.4) is 0 Å². The van der Waals surface area contributed by atoms with Crippen molar-refractivity contribution in [2.75, 3.05) is 0 Å². The van der Waals surface area contributed by atoms with Crippen LogP contribution in [0, 0.1) is 6.92 Å². The van der Waals surface area contributed by atoms with E-state index in [1.807, 2.05) is 6.92 Å². The maximum atomic E-state index is 11.4. The molecule has 2 heterocycles. The summed E-state index contributed by atoms with van der Waals surface area (Å²) in [4.78, 5) is 3.94. The Morgan fingerprint density at radius 1 is 1.44 bits per heavy atom. The smallest absolute Gasteiger partial charge is 0.273 e. The van der Waals surface area contributed by atoms with Crippen molar-refractivity contribution in [3.63, 3.8) is 0 Å². The summed E-state index contributed by atoms with van der Waals surface area (Å²) in [5.41, 5.74) is 0.612. The van der Waals surface area contributed by atoms with Crippen molar-refractivity contribution in [3.05, 3.63) is 12.1 Å². The van der Waals surface area contributed by atoms with Gasteiger partial charge in [-0.15, -0.1) is 10.2 Å². The molecule has 2 N–H and O–H groups in total. The third-order valence-corrected chi connectivity index (χ3v) is 3.18. The van der Waals surface area contributed by atoms with Crippen molar-refractivity contribution in [2.45, 2.75) is 32.0 Å². The molecule has 0 saturated heterocycles. The molecule has 0 amide bonds. The first-order chi connectivity index (χ1) is 8.45. The number of hydrogen-bond acceptors (Lipinski definition) is 6. The third kappa shape index (κ3) is 2.14. The quantitative estimate of drug-likeness (QED) is 0.854. The van der Waals surface area contributed by atoms with Crippen molar-refractivity contribution in [1.82, 2.24) is 19.7 Å². The van der Waals surface area contributed by atoms with Gasteiger partial charge in [-0.1, -0.05) is 6.92 Å². The summed E-state index contributed by atoms with van der Waals surface area (Å²) >= 11 is 0. The highest BCUT2D eigenvalue weighted by Gasteiger charge is 2.24. The number of primary sulfonamides is 1. The summed E-state index contributed by atoms with van der Waals surface area (Å²) < 4.78 is 29.4. The zero-order valence-electron chi connectivity index (χ0n) is 9.99. The van der Waals surface area contributed by atoms with Gasteiger partial charge in [0.15, 0.2) is 12.2 Å². The topological polar surface area (TPSA) is 117 Å². The van der Waals surface area contributed by atoms with Crippen molar-refractivity contribution in [2.24, 2.45) is 5.14 Å². The van der Waals surface area contributed by atoms with E-state index in [1.165, 1.54) is 11.0 Å². The lowest BCUT2D eigenvalue weighted by atomic mass is 10.3. The molecule has 0 aromatic carbocycles. The fourth-order valence-corrected chi connectivity index (χ4v) is 2.25. The standard InChI is InChI=1S/C9H13N5O3S/c1-3-4-14-8(7-6(2)11-5-17-7)12-13-9(14)18(10,15)16/h5H,3-4H2,1-2H3,(H2,10,15,16). The van der Waals surface area contributed by atoms with E-state index in [1.54, 1.807) is 6.92 Å². The van der Waals surface area contributed by atoms with Crippen molar-refractivity contribution in [3.8, 4) is 11.6 Å². The Morgan fingerprint density at radius 2 is 2.17 bits per heavy atom.